The molecule has 0 aliphatic carbocycles. The lowest BCUT2D eigenvalue weighted by Gasteiger charge is -1.96. The maximum absolute atomic E-state index is 2.23. The van der Waals surface area contributed by atoms with Gasteiger partial charge in [-0.1, -0.05) is 42.5 Å². The van der Waals surface area contributed by atoms with Crippen molar-refractivity contribution in [3.05, 3.63) is 59.1 Å². The lowest BCUT2D eigenvalue weighted by atomic mass is 10.1. The second-order valence-corrected chi connectivity index (χ2v) is 4.12. The Balaban J connectivity index is 2.15. The zero-order valence-corrected chi connectivity index (χ0v) is 7.83. The highest BCUT2D eigenvalue weighted by molar-refractivity contribution is 7.30. The van der Waals surface area contributed by atoms with Gasteiger partial charge in [-0.3, -0.25) is 0 Å². The fourth-order valence-corrected chi connectivity index (χ4v) is 2.20. The molecule has 60 valence electrons. The van der Waals surface area contributed by atoms with E-state index in [9.17, 15) is 0 Å². The zero-order chi connectivity index (χ0) is 8.23. The first kappa shape index (κ1) is 7.64. The molecule has 1 aromatic carbocycles. The lowest BCUT2D eigenvalue weighted by Crippen LogP contribution is -1.81. The molecule has 1 atom stereocenters. The van der Waals surface area contributed by atoms with Crippen molar-refractivity contribution in [1.82, 2.24) is 0 Å². The second kappa shape index (κ2) is 3.60. The molecular weight excluding hydrogens is 163 g/mol. The minimum atomic E-state index is 0.906. The van der Waals surface area contributed by atoms with Crippen LogP contribution in [-0.4, -0.2) is 0 Å². The molecule has 0 nitrogen and oxygen atoms in total. The summed E-state index contributed by atoms with van der Waals surface area (Å²) in [5.74, 6) is 2.23. The molecule has 0 fully saturated rings. The summed E-state index contributed by atoms with van der Waals surface area (Å²) in [6.07, 6.45) is 1.12. The summed E-state index contributed by atoms with van der Waals surface area (Å²) in [4.78, 5) is 0. The van der Waals surface area contributed by atoms with Crippen molar-refractivity contribution in [2.75, 3.05) is 0 Å². The third-order valence-corrected chi connectivity index (χ3v) is 2.97. The van der Waals surface area contributed by atoms with Crippen LogP contribution in [0.3, 0.4) is 0 Å². The first-order valence-corrected chi connectivity index (χ1v) is 5.19. The van der Waals surface area contributed by atoms with Crippen molar-refractivity contribution in [2.24, 2.45) is 0 Å². The van der Waals surface area contributed by atoms with Crippen LogP contribution in [0.15, 0.2) is 48.3 Å². The number of hydrogen-bond donors (Lipinski definition) is 0. The largest absolute Gasteiger partial charge is 0.136 e. The Morgan fingerprint density at radius 2 is 1.75 bits per heavy atom. The third-order valence-electron chi connectivity index (χ3n) is 1.90. The van der Waals surface area contributed by atoms with E-state index >= 15 is 0 Å². The quantitative estimate of drug-likeness (QED) is 0.655. The van der Waals surface area contributed by atoms with Gasteiger partial charge in [0.1, 0.15) is 0 Å². The Kier molecular flexibility index (Phi) is 2.29. The fourth-order valence-electron chi connectivity index (χ4n) is 1.29. The van der Waals surface area contributed by atoms with Crippen molar-refractivity contribution in [3.8, 4) is 0 Å². The summed E-state index contributed by atoms with van der Waals surface area (Å²) in [6.45, 7) is 0. The van der Waals surface area contributed by atoms with Gasteiger partial charge in [0.25, 0.3) is 0 Å². The van der Waals surface area contributed by atoms with Crippen molar-refractivity contribution >= 4 is 8.19 Å². The molecule has 0 aliphatic rings. The molecule has 12 heavy (non-hydrogen) atoms. The van der Waals surface area contributed by atoms with Crippen LogP contribution in [0.25, 0.3) is 0 Å². The second-order valence-electron chi connectivity index (χ2n) is 2.86. The van der Waals surface area contributed by atoms with E-state index in [0.717, 1.165) is 14.6 Å². The van der Waals surface area contributed by atoms with Gasteiger partial charge >= 0.3 is 0 Å². The highest BCUT2D eigenvalue weighted by atomic mass is 31.0. The van der Waals surface area contributed by atoms with Crippen molar-refractivity contribution in [1.29, 1.82) is 0 Å². The molecule has 0 aliphatic heterocycles. The van der Waals surface area contributed by atoms with E-state index in [1.54, 1.807) is 5.30 Å². The molecule has 2 rings (SSSR count). The van der Waals surface area contributed by atoms with Crippen molar-refractivity contribution in [3.63, 3.8) is 0 Å². The van der Waals surface area contributed by atoms with Crippen LogP contribution in [0.1, 0.15) is 10.9 Å². The van der Waals surface area contributed by atoms with Gasteiger partial charge < -0.3 is 0 Å². The summed E-state index contributed by atoms with van der Waals surface area (Å²) < 4.78 is 0. The van der Waals surface area contributed by atoms with Crippen LogP contribution in [-0.2, 0) is 6.42 Å². The van der Waals surface area contributed by atoms with E-state index in [1.807, 2.05) is 0 Å². The van der Waals surface area contributed by atoms with Crippen LogP contribution < -0.4 is 0 Å². The average molecular weight is 174 g/mol. The fraction of sp³-hybridized carbons (Fsp3) is 0.0909. The van der Waals surface area contributed by atoms with E-state index < -0.39 is 0 Å². The van der Waals surface area contributed by atoms with E-state index in [1.165, 1.54) is 5.56 Å². The highest BCUT2D eigenvalue weighted by Crippen LogP contribution is 2.18. The van der Waals surface area contributed by atoms with Gasteiger partial charge in [0, 0.05) is 6.42 Å². The molecule has 0 N–H and O–H groups in total. The van der Waals surface area contributed by atoms with Crippen LogP contribution in [0.4, 0.5) is 0 Å². The van der Waals surface area contributed by atoms with Crippen LogP contribution >= 0.6 is 8.19 Å². The normalized spacial score (nSPS) is 10.7. The van der Waals surface area contributed by atoms with Gasteiger partial charge in [0.15, 0.2) is 0 Å². The standard InChI is InChI=1S/C11H11P/c1-2-5-10(6-3-1)9-11-7-4-8-12-11/h1-8,12H,9H2. The minimum absolute atomic E-state index is 0.906. The summed E-state index contributed by atoms with van der Waals surface area (Å²) in [7, 11) is 0.906. The molecule has 1 heteroatoms. The molecule has 0 radical (unpaired) electrons. The van der Waals surface area contributed by atoms with E-state index in [0.29, 0.717) is 0 Å². The Morgan fingerprint density at radius 3 is 2.42 bits per heavy atom. The molecule has 0 spiro atoms. The molecule has 1 heterocycles. The van der Waals surface area contributed by atoms with Gasteiger partial charge in [-0.25, -0.2) is 0 Å². The van der Waals surface area contributed by atoms with Gasteiger partial charge in [0.05, 0.1) is 0 Å². The van der Waals surface area contributed by atoms with Crippen LogP contribution in [0.2, 0.25) is 0 Å². The van der Waals surface area contributed by atoms with Gasteiger partial charge in [-0.15, -0.1) is 8.19 Å². The number of benzene rings is 1. The number of rotatable bonds is 2. The van der Waals surface area contributed by atoms with E-state index in [4.69, 9.17) is 0 Å². The smallest absolute Gasteiger partial charge is 0.000933 e. The van der Waals surface area contributed by atoms with Crippen molar-refractivity contribution in [2.45, 2.75) is 6.42 Å². The maximum Gasteiger partial charge on any atom is 0.000933 e. The van der Waals surface area contributed by atoms with Gasteiger partial charge in [0.2, 0.25) is 0 Å². The molecule has 0 bridgehead atoms. The number of hydrogen-bond acceptors (Lipinski definition) is 0. The minimum Gasteiger partial charge on any atom is -0.136 e. The molecule has 1 aromatic heterocycles. The lowest BCUT2D eigenvalue weighted by molar-refractivity contribution is 1.24. The molecule has 0 amide bonds. The first-order valence-electron chi connectivity index (χ1n) is 4.11. The Bertz CT molecular complexity index is 321. The zero-order valence-electron chi connectivity index (χ0n) is 6.83. The summed E-state index contributed by atoms with van der Waals surface area (Å²) >= 11 is 0. The predicted molar refractivity (Wildman–Crippen MR) is 55.2 cm³/mol. The Labute approximate surface area is 74.3 Å². The first-order chi connectivity index (χ1) is 5.95. The van der Waals surface area contributed by atoms with Crippen LogP contribution in [0, 0.1) is 0 Å². The molecular formula is C11H11P. The average Bonchev–Trinajstić information content (AvgIpc) is 2.59. The highest BCUT2D eigenvalue weighted by Gasteiger charge is 1.93. The third kappa shape index (κ3) is 1.78. The molecule has 1 unspecified atom stereocenters. The molecule has 0 saturated carbocycles. The Morgan fingerprint density at radius 1 is 0.917 bits per heavy atom. The monoisotopic (exact) mass is 174 g/mol. The van der Waals surface area contributed by atoms with E-state index in [2.05, 4.69) is 48.3 Å². The molecule has 0 saturated heterocycles. The Hall–Kier alpha value is -1.00. The van der Waals surface area contributed by atoms with Crippen LogP contribution in [0.5, 0.6) is 0 Å². The topological polar surface area (TPSA) is 0 Å². The van der Waals surface area contributed by atoms with Gasteiger partial charge in [-0.05, 0) is 16.7 Å². The van der Waals surface area contributed by atoms with Gasteiger partial charge in [-0.2, -0.15) is 0 Å². The maximum atomic E-state index is 2.23. The summed E-state index contributed by atoms with van der Waals surface area (Å²) in [6, 6.07) is 15.0. The molecule has 2 aromatic rings. The van der Waals surface area contributed by atoms with E-state index in [-0.39, 0.29) is 0 Å². The summed E-state index contributed by atoms with van der Waals surface area (Å²) in [5, 5.41) is 1.54. The SMILES string of the molecule is c1ccc(Cc2ccc[pH]2)cc1. The summed E-state index contributed by atoms with van der Waals surface area (Å²) in [5.41, 5.74) is 1.42. The van der Waals surface area contributed by atoms with Crippen molar-refractivity contribution < 1.29 is 0 Å². The predicted octanol–water partition coefficient (Wildman–Crippen LogP) is 3.31.